The van der Waals surface area contributed by atoms with Gasteiger partial charge in [0.15, 0.2) is 0 Å². The minimum Gasteiger partial charge on any atom is -0.387 e. The summed E-state index contributed by atoms with van der Waals surface area (Å²) in [6, 6.07) is 17.7. The van der Waals surface area contributed by atoms with Gasteiger partial charge in [0, 0.05) is 34.9 Å². The predicted molar refractivity (Wildman–Crippen MR) is 118 cm³/mol. The molecule has 31 heavy (non-hydrogen) atoms. The minimum atomic E-state index is -2.29. The molecular weight excluding hydrogens is 422 g/mol. The molecule has 0 saturated heterocycles. The van der Waals surface area contributed by atoms with E-state index in [1.165, 1.54) is 28.6 Å². The maximum atomic E-state index is 13.9. The highest BCUT2D eigenvalue weighted by Crippen LogP contribution is 2.31. The fraction of sp³-hybridized carbons (Fsp3) is 0.217. The quantitative estimate of drug-likeness (QED) is 0.414. The molecule has 4 aromatic rings. The number of rotatable bonds is 7. The lowest BCUT2D eigenvalue weighted by atomic mass is 10.1. The van der Waals surface area contributed by atoms with E-state index in [9.17, 15) is 22.6 Å². The molecule has 0 aliphatic heterocycles. The Bertz CT molecular complexity index is 1200. The summed E-state index contributed by atoms with van der Waals surface area (Å²) in [5, 5.41) is 12.2. The van der Waals surface area contributed by atoms with Gasteiger partial charge < -0.3 is 9.67 Å². The molecule has 2 atom stereocenters. The van der Waals surface area contributed by atoms with Crippen molar-refractivity contribution in [2.75, 3.05) is 6.54 Å². The van der Waals surface area contributed by atoms with Gasteiger partial charge in [0.1, 0.15) is 11.6 Å². The van der Waals surface area contributed by atoms with Gasteiger partial charge in [-0.25, -0.2) is 13.0 Å². The summed E-state index contributed by atoms with van der Waals surface area (Å²) in [5.74, 6) is -0.875. The largest absolute Gasteiger partial charge is 0.387 e. The Morgan fingerprint density at radius 1 is 0.968 bits per heavy atom. The van der Waals surface area contributed by atoms with Crippen LogP contribution < -0.4 is 0 Å². The van der Waals surface area contributed by atoms with Crippen LogP contribution in [0.2, 0.25) is 0 Å². The van der Waals surface area contributed by atoms with E-state index in [2.05, 4.69) is 0 Å². The molecule has 0 aliphatic carbocycles. The Labute approximate surface area is 180 Å². The summed E-state index contributed by atoms with van der Waals surface area (Å²) in [4.78, 5) is 0. The summed E-state index contributed by atoms with van der Waals surface area (Å²) >= 11 is -2.29. The fourth-order valence-corrected chi connectivity index (χ4v) is 4.59. The van der Waals surface area contributed by atoms with E-state index in [1.54, 1.807) is 23.6 Å². The lowest BCUT2D eigenvalue weighted by molar-refractivity contribution is 0.0245. The molecule has 4 rings (SSSR count). The number of fused-ring (bicyclic) bond motifs is 3. The first-order valence-electron chi connectivity index (χ1n) is 9.73. The SMILES string of the molecule is CC(O)(CN(Cc1ccccc1)S(=O)O)Cn1c2ccc(F)cc2c2cc(F)ccc21. The topological polar surface area (TPSA) is 65.7 Å². The van der Waals surface area contributed by atoms with Crippen LogP contribution in [0, 0.1) is 11.6 Å². The van der Waals surface area contributed by atoms with Crippen molar-refractivity contribution in [2.45, 2.75) is 25.6 Å². The first kappa shape index (κ1) is 21.6. The normalized spacial score (nSPS) is 14.9. The summed E-state index contributed by atoms with van der Waals surface area (Å²) in [6.45, 7) is 1.73. The van der Waals surface area contributed by atoms with Crippen molar-refractivity contribution in [2.24, 2.45) is 0 Å². The molecule has 2 N–H and O–H groups in total. The molecule has 0 radical (unpaired) electrons. The van der Waals surface area contributed by atoms with E-state index in [1.807, 2.05) is 30.3 Å². The molecule has 0 amide bonds. The van der Waals surface area contributed by atoms with Crippen LogP contribution in [-0.2, 0) is 24.4 Å². The predicted octanol–water partition coefficient (Wildman–Crippen LogP) is 4.46. The Morgan fingerprint density at radius 2 is 1.52 bits per heavy atom. The fourth-order valence-electron chi connectivity index (χ4n) is 3.94. The van der Waals surface area contributed by atoms with Crippen LogP contribution in [0.4, 0.5) is 8.78 Å². The van der Waals surface area contributed by atoms with Crippen molar-refractivity contribution < 1.29 is 22.6 Å². The third-order valence-electron chi connectivity index (χ3n) is 5.23. The van der Waals surface area contributed by atoms with Crippen LogP contribution in [0.5, 0.6) is 0 Å². The van der Waals surface area contributed by atoms with Crippen LogP contribution in [0.1, 0.15) is 12.5 Å². The van der Waals surface area contributed by atoms with Crippen molar-refractivity contribution in [3.8, 4) is 0 Å². The van der Waals surface area contributed by atoms with Gasteiger partial charge in [-0.1, -0.05) is 30.3 Å². The third kappa shape index (κ3) is 4.67. The maximum absolute atomic E-state index is 13.9. The van der Waals surface area contributed by atoms with Gasteiger partial charge in [-0.2, -0.15) is 4.31 Å². The average Bonchev–Trinajstić information content (AvgIpc) is 2.99. The summed E-state index contributed by atoms with van der Waals surface area (Å²) < 4.78 is 52.5. The lowest BCUT2D eigenvalue weighted by Crippen LogP contribution is -2.44. The Hall–Kier alpha value is -2.65. The van der Waals surface area contributed by atoms with E-state index < -0.39 is 28.5 Å². The van der Waals surface area contributed by atoms with Gasteiger partial charge in [-0.05, 0) is 48.9 Å². The van der Waals surface area contributed by atoms with Crippen molar-refractivity contribution in [1.82, 2.24) is 8.87 Å². The van der Waals surface area contributed by atoms with Crippen LogP contribution in [0.3, 0.4) is 0 Å². The minimum absolute atomic E-state index is 0.0623. The zero-order valence-electron chi connectivity index (χ0n) is 16.8. The first-order chi connectivity index (χ1) is 14.7. The number of nitrogens with zero attached hydrogens (tertiary/aromatic N) is 2. The molecule has 0 fully saturated rings. The molecule has 0 saturated carbocycles. The van der Waals surface area contributed by atoms with Gasteiger partial charge in [-0.15, -0.1) is 0 Å². The molecule has 1 aromatic heterocycles. The highest BCUT2D eigenvalue weighted by atomic mass is 32.2. The average molecular weight is 445 g/mol. The third-order valence-corrected chi connectivity index (χ3v) is 5.93. The highest BCUT2D eigenvalue weighted by Gasteiger charge is 2.29. The van der Waals surface area contributed by atoms with E-state index in [0.717, 1.165) is 5.56 Å². The second-order valence-electron chi connectivity index (χ2n) is 7.92. The second kappa shape index (κ2) is 8.47. The van der Waals surface area contributed by atoms with E-state index >= 15 is 0 Å². The number of hydrogen-bond donors (Lipinski definition) is 2. The number of aromatic nitrogens is 1. The molecule has 3 aromatic carbocycles. The zero-order valence-corrected chi connectivity index (χ0v) is 17.6. The molecule has 1 heterocycles. The van der Waals surface area contributed by atoms with Crippen LogP contribution >= 0.6 is 0 Å². The standard InChI is InChI=1S/C23H22F2N2O3S/c1-23(28,14-26(31(29)30)13-16-5-3-2-4-6-16)15-27-21-9-7-17(24)11-19(21)20-12-18(25)8-10-22(20)27/h2-12,28H,13-15H2,1H3,(H,29,30). The van der Waals surface area contributed by atoms with Crippen LogP contribution in [0.15, 0.2) is 66.7 Å². The summed E-state index contributed by atoms with van der Waals surface area (Å²) in [7, 11) is 0. The van der Waals surface area contributed by atoms with Crippen molar-refractivity contribution >= 4 is 33.1 Å². The Balaban J connectivity index is 1.69. The van der Waals surface area contributed by atoms with Crippen LogP contribution in [-0.4, -0.2) is 34.9 Å². The number of hydrogen-bond acceptors (Lipinski definition) is 2. The van der Waals surface area contributed by atoms with Gasteiger partial charge in [0.25, 0.3) is 0 Å². The van der Waals surface area contributed by atoms with Gasteiger partial charge in [0.2, 0.25) is 11.3 Å². The van der Waals surface area contributed by atoms with Crippen molar-refractivity contribution in [1.29, 1.82) is 0 Å². The van der Waals surface area contributed by atoms with E-state index in [4.69, 9.17) is 0 Å². The monoisotopic (exact) mass is 444 g/mol. The summed E-state index contributed by atoms with van der Waals surface area (Å²) in [5.41, 5.74) is 0.710. The van der Waals surface area contributed by atoms with Gasteiger partial charge >= 0.3 is 0 Å². The van der Waals surface area contributed by atoms with Crippen molar-refractivity contribution in [3.63, 3.8) is 0 Å². The number of benzene rings is 3. The highest BCUT2D eigenvalue weighted by molar-refractivity contribution is 7.76. The number of aliphatic hydroxyl groups is 1. The van der Waals surface area contributed by atoms with Crippen molar-refractivity contribution in [3.05, 3.63) is 83.9 Å². The molecule has 0 spiro atoms. The molecule has 0 bridgehead atoms. The molecule has 0 aliphatic rings. The second-order valence-corrected chi connectivity index (χ2v) is 8.90. The molecule has 5 nitrogen and oxygen atoms in total. The zero-order chi connectivity index (χ0) is 22.2. The molecular formula is C23H22F2N2O3S. The lowest BCUT2D eigenvalue weighted by Gasteiger charge is -2.30. The number of halogens is 2. The maximum Gasteiger partial charge on any atom is 0.234 e. The Kier molecular flexibility index (Phi) is 5.90. The first-order valence-corrected chi connectivity index (χ1v) is 10.8. The Morgan fingerprint density at radius 3 is 2.03 bits per heavy atom. The molecule has 2 unspecified atom stereocenters. The van der Waals surface area contributed by atoms with Gasteiger partial charge in [-0.3, -0.25) is 4.55 Å². The summed E-state index contributed by atoms with van der Waals surface area (Å²) in [6.07, 6.45) is 0. The van der Waals surface area contributed by atoms with E-state index in [-0.39, 0.29) is 19.6 Å². The van der Waals surface area contributed by atoms with E-state index in [0.29, 0.717) is 21.8 Å². The van der Waals surface area contributed by atoms with Gasteiger partial charge in [0.05, 0.1) is 12.1 Å². The molecule has 8 heteroatoms. The van der Waals surface area contributed by atoms with Crippen LogP contribution in [0.25, 0.3) is 21.8 Å². The molecule has 162 valence electrons. The smallest absolute Gasteiger partial charge is 0.234 e.